The van der Waals surface area contributed by atoms with Crippen LogP contribution in [0, 0.1) is 6.92 Å². The van der Waals surface area contributed by atoms with Crippen molar-refractivity contribution in [2.45, 2.75) is 57.8 Å². The fraction of sp³-hybridized carbons (Fsp3) is 0.462. The zero-order valence-corrected chi connectivity index (χ0v) is 19.4. The summed E-state index contributed by atoms with van der Waals surface area (Å²) in [6.45, 7) is 3.50. The minimum absolute atomic E-state index is 0.111. The fourth-order valence-electron chi connectivity index (χ4n) is 5.19. The molecule has 0 spiro atoms. The van der Waals surface area contributed by atoms with Gasteiger partial charge >= 0.3 is 0 Å². The van der Waals surface area contributed by atoms with Gasteiger partial charge in [-0.1, -0.05) is 18.2 Å². The van der Waals surface area contributed by atoms with Crippen molar-refractivity contribution in [3.05, 3.63) is 53.1 Å². The summed E-state index contributed by atoms with van der Waals surface area (Å²) < 4.78 is 0. The normalized spacial score (nSPS) is 17.0. The van der Waals surface area contributed by atoms with Gasteiger partial charge in [0.25, 0.3) is 0 Å². The summed E-state index contributed by atoms with van der Waals surface area (Å²) >= 11 is 0. The number of fused-ring (bicyclic) bond motifs is 2. The molecule has 2 aliphatic heterocycles. The quantitative estimate of drug-likeness (QED) is 0.646. The van der Waals surface area contributed by atoms with Crippen LogP contribution in [0.4, 0.5) is 5.82 Å². The van der Waals surface area contributed by atoms with E-state index in [2.05, 4.69) is 29.4 Å². The molecule has 0 saturated carbocycles. The second kappa shape index (κ2) is 8.96. The van der Waals surface area contributed by atoms with E-state index < -0.39 is 0 Å². The van der Waals surface area contributed by atoms with E-state index in [1.165, 1.54) is 10.9 Å². The van der Waals surface area contributed by atoms with Crippen molar-refractivity contribution < 1.29 is 9.59 Å². The molecule has 0 aliphatic carbocycles. The summed E-state index contributed by atoms with van der Waals surface area (Å²) in [7, 11) is 1.80. The molecule has 1 saturated heterocycles. The minimum atomic E-state index is 0.111. The highest BCUT2D eigenvalue weighted by molar-refractivity contribution is 5.94. The number of carbonyl (C=O) groups excluding carboxylic acids is 2. The Kier molecular flexibility index (Phi) is 5.87. The van der Waals surface area contributed by atoms with E-state index in [1.54, 1.807) is 11.9 Å². The highest BCUT2D eigenvalue weighted by Gasteiger charge is 2.29. The standard InChI is InChI=1S/C26H31N5O2/c1-17-20-10-11-23(32)30(2)26(20)29-25(28-17)18-12-14-31(15-13-18)24(33)9-5-6-19-16-27-22-8-4-3-7-21(19)22/h3-4,7-8,16,18,27H,5-6,9-15H2,1-2H3. The molecule has 33 heavy (non-hydrogen) atoms. The Morgan fingerprint density at radius 2 is 1.94 bits per heavy atom. The number of H-pyrrole nitrogens is 1. The van der Waals surface area contributed by atoms with Gasteiger partial charge in [0.1, 0.15) is 11.6 Å². The van der Waals surface area contributed by atoms with Crippen molar-refractivity contribution in [1.29, 1.82) is 0 Å². The first-order valence-electron chi connectivity index (χ1n) is 12.0. The van der Waals surface area contributed by atoms with Crippen LogP contribution in [0.3, 0.4) is 0 Å². The second-order valence-corrected chi connectivity index (χ2v) is 9.29. The van der Waals surface area contributed by atoms with Crippen LogP contribution in [0.15, 0.2) is 30.5 Å². The molecule has 0 unspecified atom stereocenters. The highest BCUT2D eigenvalue weighted by Crippen LogP contribution is 2.32. The molecule has 1 aromatic carbocycles. The molecule has 7 nitrogen and oxygen atoms in total. The minimum Gasteiger partial charge on any atom is -0.361 e. The van der Waals surface area contributed by atoms with Crippen molar-refractivity contribution in [3.63, 3.8) is 0 Å². The third-order valence-corrected chi connectivity index (χ3v) is 7.21. The number of nitrogens with zero attached hydrogens (tertiary/aromatic N) is 4. The van der Waals surface area contributed by atoms with E-state index in [0.29, 0.717) is 12.8 Å². The predicted octanol–water partition coefficient (Wildman–Crippen LogP) is 3.90. The molecule has 0 atom stereocenters. The van der Waals surface area contributed by atoms with Crippen LogP contribution < -0.4 is 4.90 Å². The van der Waals surface area contributed by atoms with Crippen LogP contribution in [-0.2, 0) is 22.4 Å². The van der Waals surface area contributed by atoms with Gasteiger partial charge in [-0.2, -0.15) is 0 Å². The highest BCUT2D eigenvalue weighted by atomic mass is 16.2. The molecule has 1 N–H and O–H groups in total. The summed E-state index contributed by atoms with van der Waals surface area (Å²) in [5.41, 5.74) is 4.49. The number of aryl methyl sites for hydroxylation is 2. The van der Waals surface area contributed by atoms with Crippen LogP contribution >= 0.6 is 0 Å². The SMILES string of the molecule is Cc1nc(C2CCN(C(=O)CCCc3c[nH]c4ccccc34)CC2)nc2c1CCC(=O)N2C. The Morgan fingerprint density at radius 3 is 2.76 bits per heavy atom. The molecule has 5 rings (SSSR count). The van der Waals surface area contributed by atoms with E-state index in [4.69, 9.17) is 9.97 Å². The lowest BCUT2D eigenvalue weighted by atomic mass is 9.94. The Hall–Kier alpha value is -3.22. The number of aromatic amines is 1. The van der Waals surface area contributed by atoms with Crippen molar-refractivity contribution in [2.75, 3.05) is 25.0 Å². The average Bonchev–Trinajstić information content (AvgIpc) is 3.25. The first-order valence-corrected chi connectivity index (χ1v) is 12.0. The van der Waals surface area contributed by atoms with Crippen molar-refractivity contribution in [2.24, 2.45) is 0 Å². The lowest BCUT2D eigenvalue weighted by Gasteiger charge is -2.32. The smallest absolute Gasteiger partial charge is 0.228 e. The number of likely N-dealkylation sites (tertiary alicyclic amines) is 1. The van der Waals surface area contributed by atoms with E-state index in [0.717, 1.165) is 73.6 Å². The summed E-state index contributed by atoms with van der Waals surface area (Å²) in [6, 6.07) is 8.30. The van der Waals surface area contributed by atoms with Gasteiger partial charge in [-0.15, -0.1) is 0 Å². The lowest BCUT2D eigenvalue weighted by molar-refractivity contribution is -0.132. The third-order valence-electron chi connectivity index (χ3n) is 7.21. The topological polar surface area (TPSA) is 82.2 Å². The van der Waals surface area contributed by atoms with Crippen LogP contribution in [0.5, 0.6) is 0 Å². The largest absolute Gasteiger partial charge is 0.361 e. The van der Waals surface area contributed by atoms with Crippen LogP contribution in [0.25, 0.3) is 10.9 Å². The number of benzene rings is 1. The number of carbonyl (C=O) groups is 2. The fourth-order valence-corrected chi connectivity index (χ4v) is 5.19. The maximum atomic E-state index is 12.8. The van der Waals surface area contributed by atoms with Crippen LogP contribution in [0.2, 0.25) is 0 Å². The number of anilines is 1. The summed E-state index contributed by atoms with van der Waals surface area (Å²) in [5.74, 6) is 2.17. The second-order valence-electron chi connectivity index (χ2n) is 9.29. The Bertz CT molecular complexity index is 1190. The lowest BCUT2D eigenvalue weighted by Crippen LogP contribution is -2.38. The number of piperidine rings is 1. The van der Waals surface area contributed by atoms with Crippen molar-refractivity contribution in [1.82, 2.24) is 19.9 Å². The van der Waals surface area contributed by atoms with Gasteiger partial charge in [-0.3, -0.25) is 14.5 Å². The Labute approximate surface area is 194 Å². The first-order chi connectivity index (χ1) is 16.0. The van der Waals surface area contributed by atoms with E-state index in [-0.39, 0.29) is 17.7 Å². The van der Waals surface area contributed by atoms with E-state index in [9.17, 15) is 9.59 Å². The van der Waals surface area contributed by atoms with Gasteiger partial charge in [0.05, 0.1) is 0 Å². The summed E-state index contributed by atoms with van der Waals surface area (Å²) in [5, 5.41) is 1.25. The van der Waals surface area contributed by atoms with Gasteiger partial charge in [0.2, 0.25) is 11.8 Å². The third kappa shape index (κ3) is 4.24. The van der Waals surface area contributed by atoms with E-state index in [1.807, 2.05) is 17.9 Å². The molecule has 7 heteroatoms. The number of para-hydroxylation sites is 1. The average molecular weight is 446 g/mol. The van der Waals surface area contributed by atoms with Crippen LogP contribution in [0.1, 0.15) is 60.7 Å². The van der Waals surface area contributed by atoms with Crippen molar-refractivity contribution >= 4 is 28.5 Å². The molecule has 2 aromatic heterocycles. The zero-order chi connectivity index (χ0) is 22.9. The Morgan fingerprint density at radius 1 is 1.15 bits per heavy atom. The molecule has 172 valence electrons. The molecule has 2 amide bonds. The first kappa shape index (κ1) is 21.6. The maximum absolute atomic E-state index is 12.8. The summed E-state index contributed by atoms with van der Waals surface area (Å²) in [6.07, 6.45) is 7.37. The zero-order valence-electron chi connectivity index (χ0n) is 19.4. The van der Waals surface area contributed by atoms with Crippen molar-refractivity contribution in [3.8, 4) is 0 Å². The molecule has 0 radical (unpaired) electrons. The molecule has 4 heterocycles. The molecular weight excluding hydrogens is 414 g/mol. The summed E-state index contributed by atoms with van der Waals surface area (Å²) in [4.78, 5) is 41.5. The number of nitrogens with one attached hydrogen (secondary N) is 1. The number of amides is 2. The predicted molar refractivity (Wildman–Crippen MR) is 128 cm³/mol. The number of hydrogen-bond acceptors (Lipinski definition) is 4. The molecule has 0 bridgehead atoms. The molecule has 1 fully saturated rings. The molecule has 2 aliphatic rings. The number of hydrogen-bond donors (Lipinski definition) is 1. The van der Waals surface area contributed by atoms with E-state index >= 15 is 0 Å². The van der Waals surface area contributed by atoms with Gasteiger partial charge < -0.3 is 9.88 Å². The Balaban J connectivity index is 1.16. The van der Waals surface area contributed by atoms with Crippen LogP contribution in [-0.4, -0.2) is 51.8 Å². The van der Waals surface area contributed by atoms with Gasteiger partial charge in [-0.25, -0.2) is 9.97 Å². The molecular formula is C26H31N5O2. The number of rotatable bonds is 5. The maximum Gasteiger partial charge on any atom is 0.228 e. The van der Waals surface area contributed by atoms with Gasteiger partial charge in [-0.05, 0) is 50.7 Å². The number of aromatic nitrogens is 3. The monoisotopic (exact) mass is 445 g/mol. The molecule has 3 aromatic rings. The van der Waals surface area contributed by atoms with Gasteiger partial charge in [0, 0.05) is 67.3 Å². The van der Waals surface area contributed by atoms with Gasteiger partial charge in [0.15, 0.2) is 0 Å².